The molecule has 0 saturated carbocycles. The first-order valence-corrected chi connectivity index (χ1v) is 7.34. The van der Waals surface area contributed by atoms with E-state index in [0.29, 0.717) is 18.7 Å². The molecule has 0 aliphatic heterocycles. The molecule has 116 valence electrons. The van der Waals surface area contributed by atoms with Gasteiger partial charge in [0.1, 0.15) is 5.82 Å². The molecule has 0 radical (unpaired) electrons. The number of hydrogen-bond acceptors (Lipinski definition) is 2. The number of nitrogens with zero attached hydrogens (tertiary/aromatic N) is 2. The molecule has 0 aliphatic carbocycles. The minimum Gasteiger partial charge on any atom is -0.350 e. The van der Waals surface area contributed by atoms with E-state index in [-0.39, 0.29) is 11.7 Å². The molecule has 0 atom stereocenters. The van der Waals surface area contributed by atoms with E-state index < -0.39 is 0 Å². The summed E-state index contributed by atoms with van der Waals surface area (Å²) in [6, 6.07) is 15.5. The first-order valence-electron chi connectivity index (χ1n) is 7.34. The number of halogens is 1. The van der Waals surface area contributed by atoms with Gasteiger partial charge in [-0.05, 0) is 29.8 Å². The zero-order valence-electron chi connectivity index (χ0n) is 12.4. The fourth-order valence-electron chi connectivity index (χ4n) is 2.25. The van der Waals surface area contributed by atoms with Gasteiger partial charge in [0, 0.05) is 23.9 Å². The van der Waals surface area contributed by atoms with Crippen LogP contribution in [-0.4, -0.2) is 22.2 Å². The Hall–Kier alpha value is -2.95. The highest BCUT2D eigenvalue weighted by Crippen LogP contribution is 2.17. The van der Waals surface area contributed by atoms with Crippen LogP contribution in [0.5, 0.6) is 0 Å². The first kappa shape index (κ1) is 15.0. The van der Waals surface area contributed by atoms with Crippen LogP contribution in [0, 0.1) is 5.82 Å². The van der Waals surface area contributed by atoms with Crippen LogP contribution in [0.2, 0.25) is 0 Å². The van der Waals surface area contributed by atoms with E-state index in [1.165, 1.54) is 24.3 Å². The minimum atomic E-state index is -0.355. The molecule has 5 heteroatoms. The highest BCUT2D eigenvalue weighted by atomic mass is 19.1. The summed E-state index contributed by atoms with van der Waals surface area (Å²) in [6.07, 6.45) is 3.75. The molecule has 0 saturated heterocycles. The lowest BCUT2D eigenvalue weighted by Gasteiger charge is -2.05. The minimum absolute atomic E-state index is 0.222. The average Bonchev–Trinajstić information content (AvgIpc) is 3.05. The topological polar surface area (TPSA) is 46.9 Å². The predicted molar refractivity (Wildman–Crippen MR) is 86.4 cm³/mol. The van der Waals surface area contributed by atoms with Crippen molar-refractivity contribution in [3.05, 3.63) is 78.4 Å². The van der Waals surface area contributed by atoms with Crippen LogP contribution in [-0.2, 0) is 6.54 Å². The maximum atomic E-state index is 12.8. The van der Waals surface area contributed by atoms with Crippen molar-refractivity contribution in [3.63, 3.8) is 0 Å². The normalized spacial score (nSPS) is 10.5. The first-order chi connectivity index (χ1) is 11.2. The molecule has 0 unspecified atom stereocenters. The van der Waals surface area contributed by atoms with Crippen LogP contribution >= 0.6 is 0 Å². The van der Waals surface area contributed by atoms with Gasteiger partial charge in [-0.25, -0.2) is 4.39 Å². The van der Waals surface area contributed by atoms with Crippen molar-refractivity contribution >= 4 is 5.91 Å². The van der Waals surface area contributed by atoms with E-state index >= 15 is 0 Å². The monoisotopic (exact) mass is 309 g/mol. The third kappa shape index (κ3) is 3.83. The standard InChI is InChI=1S/C18H16FN3O/c19-17-8-6-15(7-9-17)18(23)20-10-11-22-13-16(12-21-22)14-4-2-1-3-5-14/h1-9,12-13H,10-11H2,(H,20,23). The molecule has 3 aromatic rings. The van der Waals surface area contributed by atoms with Crippen molar-refractivity contribution in [1.29, 1.82) is 0 Å². The van der Waals surface area contributed by atoms with Crippen molar-refractivity contribution in [1.82, 2.24) is 15.1 Å². The van der Waals surface area contributed by atoms with Crippen LogP contribution in [0.4, 0.5) is 4.39 Å². The van der Waals surface area contributed by atoms with Crippen molar-refractivity contribution in [2.24, 2.45) is 0 Å². The van der Waals surface area contributed by atoms with Crippen molar-refractivity contribution in [2.75, 3.05) is 6.54 Å². The Kier molecular flexibility index (Phi) is 4.47. The molecule has 1 amide bonds. The van der Waals surface area contributed by atoms with Crippen LogP contribution < -0.4 is 5.32 Å². The summed E-state index contributed by atoms with van der Waals surface area (Å²) < 4.78 is 14.6. The van der Waals surface area contributed by atoms with Gasteiger partial charge in [0.05, 0.1) is 12.7 Å². The lowest BCUT2D eigenvalue weighted by molar-refractivity contribution is 0.0952. The third-order valence-corrected chi connectivity index (χ3v) is 3.47. The highest BCUT2D eigenvalue weighted by molar-refractivity contribution is 5.94. The Morgan fingerprint density at radius 1 is 1.04 bits per heavy atom. The summed E-state index contributed by atoms with van der Waals surface area (Å²) in [5.41, 5.74) is 2.58. The van der Waals surface area contributed by atoms with Crippen molar-refractivity contribution in [2.45, 2.75) is 6.54 Å². The quantitative estimate of drug-likeness (QED) is 0.787. The zero-order valence-corrected chi connectivity index (χ0v) is 12.4. The van der Waals surface area contributed by atoms with Crippen LogP contribution in [0.1, 0.15) is 10.4 Å². The van der Waals surface area contributed by atoms with Gasteiger partial charge in [-0.3, -0.25) is 9.48 Å². The number of aromatic nitrogens is 2. The van der Waals surface area contributed by atoms with Gasteiger partial charge >= 0.3 is 0 Å². The van der Waals surface area contributed by atoms with E-state index in [4.69, 9.17) is 0 Å². The maximum Gasteiger partial charge on any atom is 0.251 e. The highest BCUT2D eigenvalue weighted by Gasteiger charge is 2.05. The molecule has 0 aliphatic rings. The Balaban J connectivity index is 1.54. The van der Waals surface area contributed by atoms with Gasteiger partial charge in [0.25, 0.3) is 5.91 Å². The summed E-state index contributed by atoms with van der Waals surface area (Å²) >= 11 is 0. The lowest BCUT2D eigenvalue weighted by atomic mass is 10.1. The largest absolute Gasteiger partial charge is 0.350 e. The number of amides is 1. The summed E-state index contributed by atoms with van der Waals surface area (Å²) in [7, 11) is 0. The molecular formula is C18H16FN3O. The van der Waals surface area contributed by atoms with E-state index in [0.717, 1.165) is 11.1 Å². The fourth-order valence-corrected chi connectivity index (χ4v) is 2.25. The predicted octanol–water partition coefficient (Wildman–Crippen LogP) is 3.12. The summed E-state index contributed by atoms with van der Waals surface area (Å²) in [5.74, 6) is -0.577. The second-order valence-electron chi connectivity index (χ2n) is 5.12. The van der Waals surface area contributed by atoms with Gasteiger partial charge in [-0.2, -0.15) is 5.10 Å². The molecule has 0 fully saturated rings. The second kappa shape index (κ2) is 6.87. The van der Waals surface area contributed by atoms with Crippen LogP contribution in [0.15, 0.2) is 67.0 Å². The molecule has 1 N–H and O–H groups in total. The number of rotatable bonds is 5. The van der Waals surface area contributed by atoms with E-state index in [1.54, 1.807) is 10.9 Å². The Labute approximate surface area is 133 Å². The Morgan fingerprint density at radius 3 is 2.52 bits per heavy atom. The fraction of sp³-hybridized carbons (Fsp3) is 0.111. The Bertz CT molecular complexity index is 782. The molecule has 4 nitrogen and oxygen atoms in total. The molecule has 1 aromatic heterocycles. The molecule has 2 aromatic carbocycles. The van der Waals surface area contributed by atoms with Crippen LogP contribution in [0.25, 0.3) is 11.1 Å². The second-order valence-corrected chi connectivity index (χ2v) is 5.12. The number of benzene rings is 2. The van der Waals surface area contributed by atoms with Gasteiger partial charge in [-0.1, -0.05) is 30.3 Å². The third-order valence-electron chi connectivity index (χ3n) is 3.47. The zero-order chi connectivity index (χ0) is 16.1. The van der Waals surface area contributed by atoms with Crippen molar-refractivity contribution in [3.8, 4) is 11.1 Å². The van der Waals surface area contributed by atoms with E-state index in [2.05, 4.69) is 10.4 Å². The van der Waals surface area contributed by atoms with E-state index in [1.807, 2.05) is 36.5 Å². The van der Waals surface area contributed by atoms with E-state index in [9.17, 15) is 9.18 Å². The molecular weight excluding hydrogens is 293 g/mol. The van der Waals surface area contributed by atoms with Crippen molar-refractivity contribution < 1.29 is 9.18 Å². The van der Waals surface area contributed by atoms with Gasteiger partial charge in [0.15, 0.2) is 0 Å². The van der Waals surface area contributed by atoms with Gasteiger partial charge in [0.2, 0.25) is 0 Å². The van der Waals surface area contributed by atoms with Gasteiger partial charge < -0.3 is 5.32 Å². The SMILES string of the molecule is O=C(NCCn1cc(-c2ccccc2)cn1)c1ccc(F)cc1. The van der Waals surface area contributed by atoms with Crippen LogP contribution in [0.3, 0.4) is 0 Å². The summed E-state index contributed by atoms with van der Waals surface area (Å²) in [4.78, 5) is 11.9. The molecule has 3 rings (SSSR count). The maximum absolute atomic E-state index is 12.8. The smallest absolute Gasteiger partial charge is 0.251 e. The number of hydrogen-bond donors (Lipinski definition) is 1. The molecule has 0 bridgehead atoms. The molecule has 1 heterocycles. The molecule has 0 spiro atoms. The number of carbonyl (C=O) groups excluding carboxylic acids is 1. The molecule has 23 heavy (non-hydrogen) atoms. The number of nitrogens with one attached hydrogen (secondary N) is 1. The number of carbonyl (C=O) groups is 1. The Morgan fingerprint density at radius 2 is 1.78 bits per heavy atom. The average molecular weight is 309 g/mol. The summed E-state index contributed by atoms with van der Waals surface area (Å²) in [6.45, 7) is 1.02. The lowest BCUT2D eigenvalue weighted by Crippen LogP contribution is -2.27. The van der Waals surface area contributed by atoms with Gasteiger partial charge in [-0.15, -0.1) is 0 Å². The summed E-state index contributed by atoms with van der Waals surface area (Å²) in [5, 5.41) is 7.08.